The molecule has 0 bridgehead atoms. The Hall–Kier alpha value is -1.28. The lowest BCUT2D eigenvalue weighted by molar-refractivity contribution is 0.778. The summed E-state index contributed by atoms with van der Waals surface area (Å²) in [6.45, 7) is 4.31. The van der Waals surface area contributed by atoms with E-state index in [2.05, 4.69) is 36.0 Å². The van der Waals surface area contributed by atoms with Gasteiger partial charge in [0.1, 0.15) is 5.65 Å². The molecular weight excluding hydrogens is 220 g/mol. The van der Waals surface area contributed by atoms with Gasteiger partial charge < -0.3 is 4.98 Å². The molecule has 0 aliphatic carbocycles. The zero-order valence-electron chi connectivity index (χ0n) is 9.50. The van der Waals surface area contributed by atoms with Crippen LogP contribution in [0.25, 0.3) is 17.1 Å². The quantitative estimate of drug-likeness (QED) is 0.804. The van der Waals surface area contributed by atoms with Crippen molar-refractivity contribution in [3.8, 4) is 0 Å². The molecule has 2 aromatic heterocycles. The molecule has 2 nitrogen and oxygen atoms in total. The molecule has 0 fully saturated rings. The van der Waals surface area contributed by atoms with Gasteiger partial charge in [-0.3, -0.25) is 0 Å². The lowest BCUT2D eigenvalue weighted by Crippen LogP contribution is -1.94. The maximum atomic E-state index is 5.94. The van der Waals surface area contributed by atoms with Gasteiger partial charge >= 0.3 is 0 Å². The number of allylic oxidation sites excluding steroid dienone is 1. The molecule has 2 aromatic rings. The summed E-state index contributed by atoms with van der Waals surface area (Å²) in [5.74, 6) is 1.05. The minimum absolute atomic E-state index is 0.471. The van der Waals surface area contributed by atoms with Gasteiger partial charge in [-0.2, -0.15) is 0 Å². The van der Waals surface area contributed by atoms with Crippen LogP contribution in [0.1, 0.15) is 19.4 Å². The van der Waals surface area contributed by atoms with Crippen LogP contribution in [-0.4, -0.2) is 15.8 Å². The number of hydrogen-bond acceptors (Lipinski definition) is 1. The lowest BCUT2D eigenvalue weighted by atomic mass is 10.0. The number of nitrogens with one attached hydrogen (secondary N) is 1. The first-order valence-electron chi connectivity index (χ1n) is 5.41. The molecule has 2 rings (SSSR count). The summed E-state index contributed by atoms with van der Waals surface area (Å²) in [7, 11) is 0. The van der Waals surface area contributed by atoms with Crippen LogP contribution in [0, 0.1) is 5.92 Å². The number of fused-ring (bicyclic) bond motifs is 1. The van der Waals surface area contributed by atoms with Crippen molar-refractivity contribution in [3.63, 3.8) is 0 Å². The molecule has 2 heterocycles. The van der Waals surface area contributed by atoms with Gasteiger partial charge in [-0.05, 0) is 18.1 Å². The number of aromatic nitrogens is 2. The van der Waals surface area contributed by atoms with E-state index < -0.39 is 0 Å². The normalized spacial score (nSPS) is 12.6. The highest BCUT2D eigenvalue weighted by molar-refractivity contribution is 6.19. The Morgan fingerprint density at radius 1 is 1.56 bits per heavy atom. The number of H-pyrrole nitrogens is 1. The van der Waals surface area contributed by atoms with E-state index >= 15 is 0 Å². The number of hydrogen-bond donors (Lipinski definition) is 1. The van der Waals surface area contributed by atoms with Gasteiger partial charge in [0.15, 0.2) is 0 Å². The SMILES string of the molecule is CC(C)C(=Cc1c[nH]c2ncccc12)CCl. The third-order valence-electron chi connectivity index (χ3n) is 2.72. The summed E-state index contributed by atoms with van der Waals surface area (Å²) >= 11 is 5.94. The number of halogens is 1. The van der Waals surface area contributed by atoms with E-state index in [-0.39, 0.29) is 0 Å². The van der Waals surface area contributed by atoms with E-state index in [9.17, 15) is 0 Å². The van der Waals surface area contributed by atoms with Crippen LogP contribution in [0.15, 0.2) is 30.1 Å². The van der Waals surface area contributed by atoms with Crippen LogP contribution in [0.2, 0.25) is 0 Å². The first-order valence-corrected chi connectivity index (χ1v) is 5.94. The van der Waals surface area contributed by atoms with Crippen LogP contribution in [-0.2, 0) is 0 Å². The Morgan fingerprint density at radius 2 is 2.38 bits per heavy atom. The number of nitrogens with zero attached hydrogens (tertiary/aromatic N) is 1. The fourth-order valence-electron chi connectivity index (χ4n) is 1.66. The fourth-order valence-corrected chi connectivity index (χ4v) is 2.04. The second-order valence-electron chi connectivity index (χ2n) is 4.15. The molecule has 16 heavy (non-hydrogen) atoms. The molecule has 84 valence electrons. The molecular formula is C13H15ClN2. The summed E-state index contributed by atoms with van der Waals surface area (Å²) in [5.41, 5.74) is 3.32. The summed E-state index contributed by atoms with van der Waals surface area (Å²) < 4.78 is 0. The van der Waals surface area contributed by atoms with Crippen molar-refractivity contribution < 1.29 is 0 Å². The van der Waals surface area contributed by atoms with Crippen LogP contribution in [0.4, 0.5) is 0 Å². The highest BCUT2D eigenvalue weighted by Crippen LogP contribution is 2.21. The Labute approximate surface area is 100 Å². The molecule has 0 saturated carbocycles. The molecule has 0 aliphatic rings. The van der Waals surface area contributed by atoms with Crippen molar-refractivity contribution in [1.82, 2.24) is 9.97 Å². The number of aromatic amines is 1. The van der Waals surface area contributed by atoms with Gasteiger partial charge in [-0.25, -0.2) is 4.98 Å². The minimum atomic E-state index is 0.471. The van der Waals surface area contributed by atoms with Gasteiger partial charge in [-0.1, -0.05) is 25.5 Å². The highest BCUT2D eigenvalue weighted by atomic mass is 35.5. The third kappa shape index (κ3) is 2.12. The number of pyridine rings is 1. The maximum absolute atomic E-state index is 5.94. The summed E-state index contributed by atoms with van der Waals surface area (Å²) in [6.07, 6.45) is 5.92. The van der Waals surface area contributed by atoms with Crippen molar-refractivity contribution in [2.75, 3.05) is 5.88 Å². The summed E-state index contributed by atoms with van der Waals surface area (Å²) in [6, 6.07) is 4.01. The van der Waals surface area contributed by atoms with E-state index in [1.165, 1.54) is 5.57 Å². The average molecular weight is 235 g/mol. The Kier molecular flexibility index (Phi) is 3.30. The fraction of sp³-hybridized carbons (Fsp3) is 0.308. The monoisotopic (exact) mass is 234 g/mol. The smallest absolute Gasteiger partial charge is 0.137 e. The van der Waals surface area contributed by atoms with Gasteiger partial charge in [0.2, 0.25) is 0 Å². The molecule has 0 aliphatic heterocycles. The van der Waals surface area contributed by atoms with Crippen molar-refractivity contribution >= 4 is 28.7 Å². The van der Waals surface area contributed by atoms with Crippen LogP contribution in [0.5, 0.6) is 0 Å². The maximum Gasteiger partial charge on any atom is 0.137 e. The second-order valence-corrected chi connectivity index (χ2v) is 4.42. The van der Waals surface area contributed by atoms with E-state index in [1.54, 1.807) is 6.20 Å². The molecule has 0 radical (unpaired) electrons. The van der Waals surface area contributed by atoms with E-state index in [1.807, 2.05) is 12.3 Å². The molecule has 1 N–H and O–H groups in total. The molecule has 0 atom stereocenters. The van der Waals surface area contributed by atoms with Crippen LogP contribution < -0.4 is 0 Å². The standard InChI is InChI=1S/C13H15ClN2/c1-9(2)10(7-14)6-11-8-16-13-12(11)4-3-5-15-13/h3-6,8-9H,7H2,1-2H3,(H,15,16). The lowest BCUT2D eigenvalue weighted by Gasteiger charge is -2.06. The zero-order valence-corrected chi connectivity index (χ0v) is 10.3. The van der Waals surface area contributed by atoms with Crippen molar-refractivity contribution in [2.45, 2.75) is 13.8 Å². The van der Waals surface area contributed by atoms with Crippen LogP contribution in [0.3, 0.4) is 0 Å². The summed E-state index contributed by atoms with van der Waals surface area (Å²) in [4.78, 5) is 7.42. The molecule has 0 spiro atoms. The van der Waals surface area contributed by atoms with Crippen molar-refractivity contribution in [1.29, 1.82) is 0 Å². The summed E-state index contributed by atoms with van der Waals surface area (Å²) in [5, 5.41) is 1.14. The van der Waals surface area contributed by atoms with E-state index in [0.29, 0.717) is 11.8 Å². The van der Waals surface area contributed by atoms with Gasteiger partial charge in [0, 0.05) is 29.2 Å². The third-order valence-corrected chi connectivity index (χ3v) is 3.03. The largest absolute Gasteiger partial charge is 0.346 e. The first kappa shape index (κ1) is 11.2. The van der Waals surface area contributed by atoms with Crippen molar-refractivity contribution in [3.05, 3.63) is 35.7 Å². The van der Waals surface area contributed by atoms with E-state index in [0.717, 1.165) is 16.6 Å². The molecule has 0 amide bonds. The average Bonchev–Trinajstić information content (AvgIpc) is 2.69. The Balaban J connectivity index is 2.48. The molecule has 3 heteroatoms. The molecule has 0 saturated heterocycles. The van der Waals surface area contributed by atoms with E-state index in [4.69, 9.17) is 11.6 Å². The zero-order chi connectivity index (χ0) is 11.5. The molecule has 0 unspecified atom stereocenters. The Morgan fingerprint density at radius 3 is 3.06 bits per heavy atom. The Bertz CT molecular complexity index is 511. The molecule has 0 aromatic carbocycles. The highest BCUT2D eigenvalue weighted by Gasteiger charge is 2.05. The van der Waals surface area contributed by atoms with Gasteiger partial charge in [-0.15, -0.1) is 11.6 Å². The van der Waals surface area contributed by atoms with Crippen LogP contribution >= 0.6 is 11.6 Å². The van der Waals surface area contributed by atoms with Crippen molar-refractivity contribution in [2.24, 2.45) is 5.92 Å². The number of rotatable bonds is 3. The predicted molar refractivity (Wildman–Crippen MR) is 69.6 cm³/mol. The first-order chi connectivity index (χ1) is 7.72. The topological polar surface area (TPSA) is 28.7 Å². The second kappa shape index (κ2) is 4.71. The number of alkyl halides is 1. The predicted octanol–water partition coefficient (Wildman–Crippen LogP) is 3.84. The van der Waals surface area contributed by atoms with Gasteiger partial charge in [0.25, 0.3) is 0 Å². The minimum Gasteiger partial charge on any atom is -0.346 e. The van der Waals surface area contributed by atoms with Gasteiger partial charge in [0.05, 0.1) is 0 Å².